The third-order valence-electron chi connectivity index (χ3n) is 4.84. The summed E-state index contributed by atoms with van der Waals surface area (Å²) in [5, 5.41) is 7.52. The number of aryl methyl sites for hydroxylation is 2. The van der Waals surface area contributed by atoms with Crippen LogP contribution in [0.15, 0.2) is 60.7 Å². The molecule has 156 valence electrons. The Morgan fingerprint density at radius 3 is 2.17 bits per heavy atom. The molecule has 3 N–H and O–H groups in total. The molecule has 1 heterocycles. The van der Waals surface area contributed by atoms with Crippen LogP contribution < -0.4 is 11.1 Å². The molecule has 0 aliphatic carbocycles. The zero-order valence-electron chi connectivity index (χ0n) is 17.0. The highest BCUT2D eigenvalue weighted by molar-refractivity contribution is 5.87. The summed E-state index contributed by atoms with van der Waals surface area (Å²) in [7, 11) is 0. The van der Waals surface area contributed by atoms with Crippen molar-refractivity contribution in [2.75, 3.05) is 0 Å². The predicted molar refractivity (Wildman–Crippen MR) is 122 cm³/mol. The van der Waals surface area contributed by atoms with Gasteiger partial charge < -0.3 is 11.1 Å². The van der Waals surface area contributed by atoms with Gasteiger partial charge in [0.1, 0.15) is 5.54 Å². The summed E-state index contributed by atoms with van der Waals surface area (Å²) >= 11 is 0. The molecule has 2 atom stereocenters. The summed E-state index contributed by atoms with van der Waals surface area (Å²) in [5.74, 6) is -0.205. The molecule has 3 aromatic rings. The van der Waals surface area contributed by atoms with E-state index < -0.39 is 5.54 Å². The van der Waals surface area contributed by atoms with Crippen molar-refractivity contribution in [3.05, 3.63) is 83.2 Å². The first-order valence-corrected chi connectivity index (χ1v) is 9.08. The molecule has 0 bridgehead atoms. The van der Waals surface area contributed by atoms with E-state index in [1.54, 1.807) is 6.92 Å². The van der Waals surface area contributed by atoms with Crippen LogP contribution in [-0.4, -0.2) is 15.7 Å². The molecule has 0 radical (unpaired) electrons. The Kier molecular flexibility index (Phi) is 8.45. The van der Waals surface area contributed by atoms with E-state index in [0.717, 1.165) is 28.2 Å². The third kappa shape index (κ3) is 5.38. The molecule has 3 rings (SSSR count). The number of rotatable bonds is 5. The normalized spacial score (nSPS) is 13.4. The van der Waals surface area contributed by atoms with Crippen LogP contribution in [0, 0.1) is 13.8 Å². The summed E-state index contributed by atoms with van der Waals surface area (Å²) in [6.07, 6.45) is 0. The average Bonchev–Trinajstić information content (AvgIpc) is 3.00. The Morgan fingerprint density at radius 2 is 1.66 bits per heavy atom. The van der Waals surface area contributed by atoms with Crippen LogP contribution in [0.5, 0.6) is 0 Å². The van der Waals surface area contributed by atoms with Crippen molar-refractivity contribution in [1.82, 2.24) is 15.1 Å². The summed E-state index contributed by atoms with van der Waals surface area (Å²) < 4.78 is 1.91. The van der Waals surface area contributed by atoms with Gasteiger partial charge in [-0.2, -0.15) is 5.10 Å². The van der Waals surface area contributed by atoms with Crippen LogP contribution in [0.3, 0.4) is 0 Å². The standard InChI is InChI=1S/C22H26N4O.2ClH/c1-15-14-16(2)26(25-15)20-12-10-18(11-13-20)17(3)24-21(27)22(4,23)19-8-6-5-7-9-19;;/h5-14,17H,23H2,1-4H3,(H,24,27);2*1H. The predicted octanol–water partition coefficient (Wildman–Crippen LogP) is 4.38. The van der Waals surface area contributed by atoms with Crippen LogP contribution in [0.4, 0.5) is 0 Å². The second-order valence-corrected chi connectivity index (χ2v) is 7.19. The summed E-state index contributed by atoms with van der Waals surface area (Å²) in [5.41, 5.74) is 10.1. The zero-order valence-corrected chi connectivity index (χ0v) is 18.7. The molecule has 0 aliphatic heterocycles. The molecule has 1 aromatic heterocycles. The number of carbonyl (C=O) groups excluding carboxylic acids is 1. The van der Waals surface area contributed by atoms with Gasteiger partial charge in [-0.15, -0.1) is 24.8 Å². The fourth-order valence-corrected chi connectivity index (χ4v) is 3.14. The van der Waals surface area contributed by atoms with E-state index in [2.05, 4.69) is 10.4 Å². The van der Waals surface area contributed by atoms with E-state index in [1.165, 1.54) is 0 Å². The van der Waals surface area contributed by atoms with Gasteiger partial charge in [-0.3, -0.25) is 4.79 Å². The number of hydrogen-bond acceptors (Lipinski definition) is 3. The topological polar surface area (TPSA) is 72.9 Å². The average molecular weight is 435 g/mol. The Balaban J connectivity index is 0.00000210. The van der Waals surface area contributed by atoms with Gasteiger partial charge in [-0.25, -0.2) is 4.68 Å². The Hall–Kier alpha value is -2.34. The minimum Gasteiger partial charge on any atom is -0.348 e. The third-order valence-corrected chi connectivity index (χ3v) is 4.84. The van der Waals surface area contributed by atoms with Gasteiger partial charge in [-0.05, 0) is 57.0 Å². The van der Waals surface area contributed by atoms with Gasteiger partial charge in [0.15, 0.2) is 0 Å². The smallest absolute Gasteiger partial charge is 0.244 e. The maximum absolute atomic E-state index is 12.7. The molecule has 0 spiro atoms. The molecule has 29 heavy (non-hydrogen) atoms. The van der Waals surface area contributed by atoms with Crippen LogP contribution in [0.2, 0.25) is 0 Å². The van der Waals surface area contributed by atoms with Crippen molar-refractivity contribution < 1.29 is 4.79 Å². The van der Waals surface area contributed by atoms with Crippen molar-refractivity contribution in [2.45, 2.75) is 39.3 Å². The lowest BCUT2D eigenvalue weighted by Crippen LogP contribution is -2.49. The van der Waals surface area contributed by atoms with E-state index in [0.29, 0.717) is 0 Å². The number of nitrogens with one attached hydrogen (secondary N) is 1. The molecule has 1 amide bonds. The number of amides is 1. The fourth-order valence-electron chi connectivity index (χ4n) is 3.14. The second-order valence-electron chi connectivity index (χ2n) is 7.19. The van der Waals surface area contributed by atoms with Gasteiger partial charge in [0, 0.05) is 5.69 Å². The highest BCUT2D eigenvalue weighted by Gasteiger charge is 2.31. The SMILES string of the molecule is Cc1cc(C)n(-c2ccc(C(C)NC(=O)C(C)(N)c3ccccc3)cc2)n1.Cl.Cl. The first kappa shape index (κ1) is 24.7. The molecule has 7 heteroatoms. The highest BCUT2D eigenvalue weighted by Crippen LogP contribution is 2.21. The maximum atomic E-state index is 12.7. The molecule has 0 fully saturated rings. The van der Waals surface area contributed by atoms with Gasteiger partial charge in [0.25, 0.3) is 0 Å². The Morgan fingerprint density at radius 1 is 1.07 bits per heavy atom. The molecule has 2 unspecified atom stereocenters. The van der Waals surface area contributed by atoms with Crippen molar-refractivity contribution in [2.24, 2.45) is 5.73 Å². The van der Waals surface area contributed by atoms with E-state index in [4.69, 9.17) is 5.73 Å². The monoisotopic (exact) mass is 434 g/mol. The molecule has 0 aliphatic rings. The first-order chi connectivity index (χ1) is 12.8. The Bertz CT molecular complexity index is 937. The molecule has 0 saturated carbocycles. The lowest BCUT2D eigenvalue weighted by molar-refractivity contribution is -0.126. The lowest BCUT2D eigenvalue weighted by Gasteiger charge is -2.26. The molecular weight excluding hydrogens is 407 g/mol. The molecular formula is C22H28Cl2N4O. The van der Waals surface area contributed by atoms with Gasteiger partial charge in [-0.1, -0.05) is 42.5 Å². The Labute approximate surface area is 184 Å². The fraction of sp³-hybridized carbons (Fsp3) is 0.273. The summed E-state index contributed by atoms with van der Waals surface area (Å²) in [4.78, 5) is 12.7. The van der Waals surface area contributed by atoms with Crippen molar-refractivity contribution in [1.29, 1.82) is 0 Å². The van der Waals surface area contributed by atoms with Crippen LogP contribution in [0.25, 0.3) is 5.69 Å². The minimum atomic E-state index is -1.08. The quantitative estimate of drug-likeness (QED) is 0.625. The maximum Gasteiger partial charge on any atom is 0.244 e. The van der Waals surface area contributed by atoms with E-state index >= 15 is 0 Å². The van der Waals surface area contributed by atoms with Crippen LogP contribution >= 0.6 is 24.8 Å². The van der Waals surface area contributed by atoms with E-state index in [-0.39, 0.29) is 36.8 Å². The zero-order chi connectivity index (χ0) is 19.6. The number of benzene rings is 2. The number of halogens is 2. The number of hydrogen-bond donors (Lipinski definition) is 2. The number of carbonyl (C=O) groups is 1. The minimum absolute atomic E-state index is 0. The number of nitrogens with two attached hydrogens (primary N) is 1. The largest absolute Gasteiger partial charge is 0.348 e. The molecule has 2 aromatic carbocycles. The van der Waals surface area contributed by atoms with Crippen LogP contribution in [-0.2, 0) is 10.3 Å². The van der Waals surface area contributed by atoms with Gasteiger partial charge in [0.05, 0.1) is 17.4 Å². The van der Waals surface area contributed by atoms with E-state index in [1.807, 2.05) is 86.1 Å². The van der Waals surface area contributed by atoms with Crippen molar-refractivity contribution >= 4 is 30.7 Å². The second kappa shape index (κ2) is 9.92. The molecule has 0 saturated heterocycles. The van der Waals surface area contributed by atoms with Gasteiger partial charge in [0.2, 0.25) is 5.91 Å². The van der Waals surface area contributed by atoms with Gasteiger partial charge >= 0.3 is 0 Å². The van der Waals surface area contributed by atoms with Crippen LogP contribution in [0.1, 0.15) is 42.4 Å². The lowest BCUT2D eigenvalue weighted by atomic mass is 9.91. The first-order valence-electron chi connectivity index (χ1n) is 9.08. The summed E-state index contributed by atoms with van der Waals surface area (Å²) in [6, 6.07) is 19.3. The summed E-state index contributed by atoms with van der Waals surface area (Å²) in [6.45, 7) is 7.70. The van der Waals surface area contributed by atoms with Crippen molar-refractivity contribution in [3.8, 4) is 5.69 Å². The number of nitrogens with zero attached hydrogens (tertiary/aromatic N) is 2. The highest BCUT2D eigenvalue weighted by atomic mass is 35.5. The van der Waals surface area contributed by atoms with Crippen molar-refractivity contribution in [3.63, 3.8) is 0 Å². The number of aromatic nitrogens is 2. The van der Waals surface area contributed by atoms with E-state index in [9.17, 15) is 4.79 Å². The molecule has 5 nitrogen and oxygen atoms in total.